The van der Waals surface area contributed by atoms with Gasteiger partial charge < -0.3 is 15.4 Å². The van der Waals surface area contributed by atoms with Gasteiger partial charge in [0.15, 0.2) is 5.13 Å². The van der Waals surface area contributed by atoms with Crippen molar-refractivity contribution < 1.29 is 14.3 Å². The van der Waals surface area contributed by atoms with Gasteiger partial charge in [-0.05, 0) is 43.3 Å². The molecule has 4 aromatic rings. The summed E-state index contributed by atoms with van der Waals surface area (Å²) < 4.78 is 6.10. The third kappa shape index (κ3) is 3.88. The largest absolute Gasteiger partial charge is 0.497 e. The van der Waals surface area contributed by atoms with E-state index in [2.05, 4.69) is 20.6 Å². The highest BCUT2D eigenvalue weighted by molar-refractivity contribution is 7.22. The Bertz CT molecular complexity index is 1270. The topological polar surface area (TPSA) is 93.2 Å². The quantitative estimate of drug-likeness (QED) is 0.525. The highest BCUT2D eigenvalue weighted by Gasteiger charge is 2.14. The van der Waals surface area contributed by atoms with Crippen LogP contribution in [-0.4, -0.2) is 28.9 Å². The van der Waals surface area contributed by atoms with Crippen molar-refractivity contribution in [1.29, 1.82) is 0 Å². The summed E-state index contributed by atoms with van der Waals surface area (Å²) in [5.41, 5.74) is 3.32. The Labute approximate surface area is 170 Å². The molecule has 2 aromatic carbocycles. The van der Waals surface area contributed by atoms with Crippen molar-refractivity contribution in [2.45, 2.75) is 13.8 Å². The minimum atomic E-state index is -0.237. The first-order valence-corrected chi connectivity index (χ1v) is 9.69. The minimum absolute atomic E-state index is 0.172. The van der Waals surface area contributed by atoms with Crippen LogP contribution in [0.3, 0.4) is 0 Å². The van der Waals surface area contributed by atoms with Crippen LogP contribution in [0.5, 0.6) is 5.75 Å². The van der Waals surface area contributed by atoms with E-state index in [9.17, 15) is 9.59 Å². The molecule has 2 heterocycles. The Balaban J connectivity index is 1.61. The third-order valence-corrected chi connectivity index (χ3v) is 5.32. The summed E-state index contributed by atoms with van der Waals surface area (Å²) in [4.78, 5) is 32.9. The van der Waals surface area contributed by atoms with Crippen molar-refractivity contribution in [2.24, 2.45) is 0 Å². The standard InChI is InChI=1S/C21H18N4O3S/c1-11-16(8-13-4-6-15(28-3)10-18(13)22-11)20(27)24-14-5-7-17-19(9-14)29-21(25-17)23-12(2)26/h4-10H,1-3H3,(H,24,27)(H,23,25,26). The zero-order valence-corrected chi connectivity index (χ0v) is 16.9. The number of nitrogens with one attached hydrogen (secondary N) is 2. The van der Waals surface area contributed by atoms with Crippen molar-refractivity contribution in [3.05, 3.63) is 53.7 Å². The number of rotatable bonds is 4. The van der Waals surface area contributed by atoms with Crippen molar-refractivity contribution >= 4 is 55.1 Å². The summed E-state index contributed by atoms with van der Waals surface area (Å²) in [6, 6.07) is 12.8. The molecule has 0 bridgehead atoms. The number of hydrogen-bond donors (Lipinski definition) is 2. The molecule has 0 radical (unpaired) electrons. The molecule has 0 aliphatic carbocycles. The Kier molecular flexibility index (Phi) is 4.85. The summed E-state index contributed by atoms with van der Waals surface area (Å²) in [5, 5.41) is 6.98. The van der Waals surface area contributed by atoms with Crippen molar-refractivity contribution in [3.63, 3.8) is 0 Å². The summed E-state index contributed by atoms with van der Waals surface area (Å²) in [5.74, 6) is 0.311. The zero-order chi connectivity index (χ0) is 20.5. The van der Waals surface area contributed by atoms with Gasteiger partial charge in [-0.2, -0.15) is 0 Å². The van der Waals surface area contributed by atoms with E-state index in [0.29, 0.717) is 22.1 Å². The predicted molar refractivity (Wildman–Crippen MR) is 115 cm³/mol. The molecule has 2 aromatic heterocycles. The van der Waals surface area contributed by atoms with Crippen LogP contribution in [0.25, 0.3) is 21.1 Å². The molecule has 146 valence electrons. The maximum Gasteiger partial charge on any atom is 0.257 e. The molecule has 0 saturated carbocycles. The molecule has 0 aliphatic heterocycles. The first-order valence-electron chi connectivity index (χ1n) is 8.88. The molecule has 0 atom stereocenters. The number of ether oxygens (including phenoxy) is 1. The highest BCUT2D eigenvalue weighted by atomic mass is 32.1. The monoisotopic (exact) mass is 406 g/mol. The van der Waals surface area contributed by atoms with Crippen molar-refractivity contribution in [2.75, 3.05) is 17.7 Å². The number of carbonyl (C=O) groups is 2. The van der Waals surface area contributed by atoms with E-state index >= 15 is 0 Å². The second-order valence-corrected chi connectivity index (χ2v) is 7.55. The number of nitrogens with zero attached hydrogens (tertiary/aromatic N) is 2. The number of hydrogen-bond acceptors (Lipinski definition) is 6. The molecule has 0 saturated heterocycles. The number of pyridine rings is 1. The molecule has 0 unspecified atom stereocenters. The van der Waals surface area contributed by atoms with E-state index in [4.69, 9.17) is 4.74 Å². The van der Waals surface area contributed by atoms with Crippen LogP contribution < -0.4 is 15.4 Å². The number of anilines is 2. The number of thiazole rings is 1. The Hall–Kier alpha value is -3.52. The van der Waals surface area contributed by atoms with Gasteiger partial charge in [-0.3, -0.25) is 14.6 Å². The Morgan fingerprint density at radius 3 is 2.59 bits per heavy atom. The molecule has 0 spiro atoms. The second kappa shape index (κ2) is 7.48. The van der Waals surface area contributed by atoms with Crippen LogP contribution in [0.15, 0.2) is 42.5 Å². The van der Waals surface area contributed by atoms with Gasteiger partial charge in [0.1, 0.15) is 5.75 Å². The molecule has 29 heavy (non-hydrogen) atoms. The van der Waals surface area contributed by atoms with E-state index in [1.807, 2.05) is 36.4 Å². The van der Waals surface area contributed by atoms with Gasteiger partial charge in [0.25, 0.3) is 5.91 Å². The average Bonchev–Trinajstić information content (AvgIpc) is 3.07. The van der Waals surface area contributed by atoms with E-state index in [-0.39, 0.29) is 11.8 Å². The summed E-state index contributed by atoms with van der Waals surface area (Å²) in [6.07, 6.45) is 0. The Morgan fingerprint density at radius 1 is 1.00 bits per heavy atom. The Morgan fingerprint density at radius 2 is 1.83 bits per heavy atom. The van der Waals surface area contributed by atoms with Gasteiger partial charge in [-0.15, -0.1) is 0 Å². The lowest BCUT2D eigenvalue weighted by Gasteiger charge is -2.09. The van der Waals surface area contributed by atoms with Crippen LogP contribution in [-0.2, 0) is 4.79 Å². The van der Waals surface area contributed by atoms with Crippen molar-refractivity contribution in [3.8, 4) is 5.75 Å². The fourth-order valence-corrected chi connectivity index (χ4v) is 3.96. The fraction of sp³-hybridized carbons (Fsp3) is 0.143. The first kappa shape index (κ1) is 18.8. The van der Waals surface area contributed by atoms with Gasteiger partial charge in [-0.1, -0.05) is 11.3 Å². The van der Waals surface area contributed by atoms with Crippen LogP contribution in [0.4, 0.5) is 10.8 Å². The molecular formula is C21H18N4O3S. The summed E-state index contributed by atoms with van der Waals surface area (Å²) in [7, 11) is 1.61. The van der Waals surface area contributed by atoms with Crippen LogP contribution >= 0.6 is 11.3 Å². The summed E-state index contributed by atoms with van der Waals surface area (Å²) >= 11 is 1.35. The van der Waals surface area contributed by atoms with E-state index < -0.39 is 0 Å². The molecule has 0 fully saturated rings. The number of aromatic nitrogens is 2. The van der Waals surface area contributed by atoms with Gasteiger partial charge >= 0.3 is 0 Å². The predicted octanol–water partition coefficient (Wildman–Crippen LogP) is 4.37. The molecule has 4 rings (SSSR count). The molecule has 2 N–H and O–H groups in total. The minimum Gasteiger partial charge on any atom is -0.497 e. The van der Waals surface area contributed by atoms with Gasteiger partial charge in [-0.25, -0.2) is 4.98 Å². The van der Waals surface area contributed by atoms with E-state index in [1.165, 1.54) is 18.3 Å². The lowest BCUT2D eigenvalue weighted by Crippen LogP contribution is -2.14. The second-order valence-electron chi connectivity index (χ2n) is 6.52. The van der Waals surface area contributed by atoms with Crippen molar-refractivity contribution in [1.82, 2.24) is 9.97 Å². The number of aryl methyl sites for hydroxylation is 1. The number of carbonyl (C=O) groups excluding carboxylic acids is 2. The number of benzene rings is 2. The maximum absolute atomic E-state index is 12.8. The van der Waals surface area contributed by atoms with Gasteiger partial charge in [0, 0.05) is 24.1 Å². The first-order chi connectivity index (χ1) is 13.9. The number of fused-ring (bicyclic) bond motifs is 2. The third-order valence-electron chi connectivity index (χ3n) is 4.39. The van der Waals surface area contributed by atoms with Crippen LogP contribution in [0.2, 0.25) is 0 Å². The molecule has 0 aliphatic rings. The van der Waals surface area contributed by atoms with Crippen LogP contribution in [0.1, 0.15) is 23.0 Å². The number of methoxy groups -OCH3 is 1. The van der Waals surface area contributed by atoms with Crippen LogP contribution in [0, 0.1) is 6.92 Å². The lowest BCUT2D eigenvalue weighted by atomic mass is 10.1. The molecule has 7 nitrogen and oxygen atoms in total. The lowest BCUT2D eigenvalue weighted by molar-refractivity contribution is -0.114. The highest BCUT2D eigenvalue weighted by Crippen LogP contribution is 2.29. The molecule has 2 amide bonds. The fourth-order valence-electron chi connectivity index (χ4n) is 3.00. The average molecular weight is 406 g/mol. The van der Waals surface area contributed by atoms with Gasteiger partial charge in [0.2, 0.25) is 5.91 Å². The normalized spacial score (nSPS) is 10.9. The SMILES string of the molecule is COc1ccc2cc(C(=O)Nc3ccc4nc(NC(C)=O)sc4c3)c(C)nc2c1. The molecule has 8 heteroatoms. The maximum atomic E-state index is 12.8. The zero-order valence-electron chi connectivity index (χ0n) is 16.1. The van der Waals surface area contributed by atoms with Gasteiger partial charge in [0.05, 0.1) is 34.1 Å². The molecular weight excluding hydrogens is 388 g/mol. The van der Waals surface area contributed by atoms with E-state index in [1.54, 1.807) is 20.1 Å². The number of amides is 2. The smallest absolute Gasteiger partial charge is 0.257 e. The summed E-state index contributed by atoms with van der Waals surface area (Å²) in [6.45, 7) is 3.24. The van der Waals surface area contributed by atoms with E-state index in [0.717, 1.165) is 26.9 Å².